The Balaban J connectivity index is 2.03. The SMILES string of the molecule is CCC(C)NC(=O)C(C)N(Cc1cccc(OC)c1)C(=O)CCCOc1ccccc1. The summed E-state index contributed by atoms with van der Waals surface area (Å²) in [6.45, 7) is 6.53. The molecule has 2 aromatic carbocycles. The third-order valence-corrected chi connectivity index (χ3v) is 5.20. The molecule has 0 spiro atoms. The van der Waals surface area contributed by atoms with E-state index in [4.69, 9.17) is 9.47 Å². The number of ether oxygens (including phenoxy) is 2. The van der Waals surface area contributed by atoms with Crippen molar-refractivity contribution in [1.29, 1.82) is 0 Å². The Labute approximate surface area is 185 Å². The normalized spacial score (nSPS) is 12.5. The Morgan fingerprint density at radius 1 is 1.03 bits per heavy atom. The first-order chi connectivity index (χ1) is 14.9. The summed E-state index contributed by atoms with van der Waals surface area (Å²) >= 11 is 0. The summed E-state index contributed by atoms with van der Waals surface area (Å²) in [4.78, 5) is 27.4. The predicted molar refractivity (Wildman–Crippen MR) is 122 cm³/mol. The molecule has 0 saturated carbocycles. The Bertz CT molecular complexity index is 825. The average Bonchev–Trinajstić information content (AvgIpc) is 2.80. The van der Waals surface area contributed by atoms with Gasteiger partial charge in [0.1, 0.15) is 17.5 Å². The molecule has 0 bridgehead atoms. The van der Waals surface area contributed by atoms with Crippen molar-refractivity contribution < 1.29 is 19.1 Å². The minimum atomic E-state index is -0.581. The lowest BCUT2D eigenvalue weighted by Gasteiger charge is -2.30. The molecule has 2 aromatic rings. The number of para-hydroxylation sites is 1. The van der Waals surface area contributed by atoms with Gasteiger partial charge >= 0.3 is 0 Å². The van der Waals surface area contributed by atoms with Crippen molar-refractivity contribution in [3.8, 4) is 11.5 Å². The van der Waals surface area contributed by atoms with Crippen LogP contribution in [0.5, 0.6) is 11.5 Å². The van der Waals surface area contributed by atoms with Gasteiger partial charge in [0, 0.05) is 19.0 Å². The molecular weight excluding hydrogens is 392 g/mol. The number of carbonyl (C=O) groups is 2. The topological polar surface area (TPSA) is 67.9 Å². The van der Waals surface area contributed by atoms with Gasteiger partial charge in [-0.25, -0.2) is 0 Å². The zero-order valence-corrected chi connectivity index (χ0v) is 19.0. The molecule has 0 aromatic heterocycles. The Morgan fingerprint density at radius 2 is 1.74 bits per heavy atom. The number of nitrogens with one attached hydrogen (secondary N) is 1. The van der Waals surface area contributed by atoms with Crippen LogP contribution in [0.2, 0.25) is 0 Å². The summed E-state index contributed by atoms with van der Waals surface area (Å²) in [6.07, 6.45) is 1.71. The van der Waals surface area contributed by atoms with Gasteiger partial charge in [0.05, 0.1) is 13.7 Å². The summed E-state index contributed by atoms with van der Waals surface area (Å²) in [5.41, 5.74) is 0.913. The van der Waals surface area contributed by atoms with Gasteiger partial charge in [-0.2, -0.15) is 0 Å². The van der Waals surface area contributed by atoms with E-state index in [0.29, 0.717) is 26.0 Å². The zero-order valence-electron chi connectivity index (χ0n) is 19.0. The lowest BCUT2D eigenvalue weighted by molar-refractivity contribution is -0.141. The number of nitrogens with zero attached hydrogens (tertiary/aromatic N) is 1. The van der Waals surface area contributed by atoms with Crippen molar-refractivity contribution in [2.75, 3.05) is 13.7 Å². The highest BCUT2D eigenvalue weighted by Crippen LogP contribution is 2.17. The Hall–Kier alpha value is -3.02. The van der Waals surface area contributed by atoms with Gasteiger partial charge in [0.15, 0.2) is 0 Å². The van der Waals surface area contributed by atoms with Crippen molar-refractivity contribution >= 4 is 11.8 Å². The van der Waals surface area contributed by atoms with Gasteiger partial charge < -0.3 is 19.7 Å². The molecule has 6 heteroatoms. The molecule has 0 aliphatic heterocycles. The van der Waals surface area contributed by atoms with E-state index in [1.165, 1.54) is 0 Å². The van der Waals surface area contributed by atoms with Crippen LogP contribution >= 0.6 is 0 Å². The number of methoxy groups -OCH3 is 1. The van der Waals surface area contributed by atoms with Crippen molar-refractivity contribution in [2.24, 2.45) is 0 Å². The first-order valence-corrected chi connectivity index (χ1v) is 10.8. The summed E-state index contributed by atoms with van der Waals surface area (Å²) in [5, 5.41) is 2.98. The first-order valence-electron chi connectivity index (χ1n) is 10.8. The summed E-state index contributed by atoms with van der Waals surface area (Å²) in [6, 6.07) is 16.6. The maximum absolute atomic E-state index is 13.1. The lowest BCUT2D eigenvalue weighted by Crippen LogP contribution is -2.49. The Kier molecular flexibility index (Phi) is 9.88. The molecule has 2 rings (SSSR count). The molecule has 31 heavy (non-hydrogen) atoms. The second kappa shape index (κ2) is 12.6. The van der Waals surface area contributed by atoms with Crippen LogP contribution in [0.4, 0.5) is 0 Å². The molecule has 2 atom stereocenters. The lowest BCUT2D eigenvalue weighted by atomic mass is 10.1. The second-order valence-corrected chi connectivity index (χ2v) is 7.63. The second-order valence-electron chi connectivity index (χ2n) is 7.63. The van der Waals surface area contributed by atoms with Crippen molar-refractivity contribution in [2.45, 2.75) is 58.7 Å². The molecule has 0 saturated heterocycles. The van der Waals surface area contributed by atoms with Crippen LogP contribution in [-0.2, 0) is 16.1 Å². The monoisotopic (exact) mass is 426 g/mol. The van der Waals surface area contributed by atoms with Crippen LogP contribution in [0.3, 0.4) is 0 Å². The van der Waals surface area contributed by atoms with Crippen LogP contribution in [0.1, 0.15) is 45.6 Å². The molecule has 1 N–H and O–H groups in total. The fourth-order valence-electron chi connectivity index (χ4n) is 3.09. The van der Waals surface area contributed by atoms with E-state index in [1.807, 2.05) is 68.4 Å². The van der Waals surface area contributed by atoms with E-state index in [2.05, 4.69) is 5.32 Å². The van der Waals surface area contributed by atoms with Gasteiger partial charge in [-0.05, 0) is 56.5 Å². The highest BCUT2D eigenvalue weighted by molar-refractivity contribution is 5.87. The highest BCUT2D eigenvalue weighted by atomic mass is 16.5. The van der Waals surface area contributed by atoms with Gasteiger partial charge in [0.25, 0.3) is 0 Å². The molecule has 0 radical (unpaired) electrons. The fraction of sp³-hybridized carbons (Fsp3) is 0.440. The van der Waals surface area contributed by atoms with Crippen LogP contribution < -0.4 is 14.8 Å². The van der Waals surface area contributed by atoms with E-state index in [9.17, 15) is 9.59 Å². The zero-order chi connectivity index (χ0) is 22.6. The summed E-state index contributed by atoms with van der Waals surface area (Å²) < 4.78 is 11.0. The number of carbonyl (C=O) groups excluding carboxylic acids is 2. The van der Waals surface area contributed by atoms with Gasteiger partial charge in [-0.3, -0.25) is 9.59 Å². The smallest absolute Gasteiger partial charge is 0.242 e. The Morgan fingerprint density at radius 3 is 2.42 bits per heavy atom. The largest absolute Gasteiger partial charge is 0.497 e. The molecule has 2 unspecified atom stereocenters. The molecule has 2 amide bonds. The van der Waals surface area contributed by atoms with Gasteiger partial charge in [-0.1, -0.05) is 37.3 Å². The van der Waals surface area contributed by atoms with Crippen molar-refractivity contribution in [1.82, 2.24) is 10.2 Å². The van der Waals surface area contributed by atoms with E-state index in [-0.39, 0.29) is 17.9 Å². The molecule has 0 aliphatic carbocycles. The van der Waals surface area contributed by atoms with Crippen LogP contribution in [-0.4, -0.2) is 42.5 Å². The van der Waals surface area contributed by atoms with E-state index in [1.54, 1.807) is 18.9 Å². The standard InChI is InChI=1S/C25H34N2O4/c1-5-19(2)26-25(29)20(3)27(18-21-11-9-14-23(17-21)30-4)24(28)15-10-16-31-22-12-7-6-8-13-22/h6-9,11-14,17,19-20H,5,10,15-16,18H2,1-4H3,(H,26,29). The van der Waals surface area contributed by atoms with Crippen LogP contribution in [0.15, 0.2) is 54.6 Å². The van der Waals surface area contributed by atoms with Crippen molar-refractivity contribution in [3.63, 3.8) is 0 Å². The molecule has 0 fully saturated rings. The summed E-state index contributed by atoms with van der Waals surface area (Å²) in [5.74, 6) is 1.28. The number of hydrogen-bond acceptors (Lipinski definition) is 4. The third kappa shape index (κ3) is 7.96. The number of rotatable bonds is 12. The van der Waals surface area contributed by atoms with Gasteiger partial charge in [0.2, 0.25) is 11.8 Å². The maximum atomic E-state index is 13.1. The molecule has 6 nitrogen and oxygen atoms in total. The predicted octanol–water partition coefficient (Wildman–Crippen LogP) is 4.19. The number of amides is 2. The first kappa shape index (κ1) is 24.3. The minimum absolute atomic E-state index is 0.0583. The van der Waals surface area contributed by atoms with Crippen LogP contribution in [0.25, 0.3) is 0 Å². The van der Waals surface area contributed by atoms with Crippen LogP contribution in [0, 0.1) is 0 Å². The van der Waals surface area contributed by atoms with E-state index >= 15 is 0 Å². The highest BCUT2D eigenvalue weighted by Gasteiger charge is 2.26. The maximum Gasteiger partial charge on any atom is 0.242 e. The molecule has 0 aliphatic rings. The number of benzene rings is 2. The van der Waals surface area contributed by atoms with Gasteiger partial charge in [-0.15, -0.1) is 0 Å². The minimum Gasteiger partial charge on any atom is -0.497 e. The molecule has 0 heterocycles. The number of hydrogen-bond donors (Lipinski definition) is 1. The third-order valence-electron chi connectivity index (χ3n) is 5.20. The summed E-state index contributed by atoms with van der Waals surface area (Å²) in [7, 11) is 1.61. The molecule has 168 valence electrons. The van der Waals surface area contributed by atoms with E-state index in [0.717, 1.165) is 23.5 Å². The quantitative estimate of drug-likeness (QED) is 0.517. The average molecular weight is 427 g/mol. The van der Waals surface area contributed by atoms with Crippen molar-refractivity contribution in [3.05, 3.63) is 60.2 Å². The van der Waals surface area contributed by atoms with E-state index < -0.39 is 6.04 Å². The molecular formula is C25H34N2O4. The fourth-order valence-corrected chi connectivity index (χ4v) is 3.09.